The summed E-state index contributed by atoms with van der Waals surface area (Å²) in [6, 6.07) is 12.8. The van der Waals surface area contributed by atoms with Crippen molar-refractivity contribution in [1.29, 1.82) is 0 Å². The van der Waals surface area contributed by atoms with Crippen molar-refractivity contribution in [3.63, 3.8) is 0 Å². The minimum Gasteiger partial charge on any atom is -0.496 e. The molecule has 1 saturated heterocycles. The summed E-state index contributed by atoms with van der Waals surface area (Å²) in [5.74, 6) is 0.327. The first kappa shape index (κ1) is 29.1. The maximum absolute atomic E-state index is 13.8. The second-order valence-electron chi connectivity index (χ2n) is 9.54. The number of aromatic nitrogens is 2. The number of carbonyl (C=O) groups excluding carboxylic acids is 2. The van der Waals surface area contributed by atoms with Crippen LogP contribution in [-0.2, 0) is 41.4 Å². The van der Waals surface area contributed by atoms with Gasteiger partial charge in [0.25, 0.3) is 7.41 Å². The third-order valence-electron chi connectivity index (χ3n) is 6.91. The molecule has 0 bridgehead atoms. The van der Waals surface area contributed by atoms with Crippen molar-refractivity contribution in [3.8, 4) is 5.75 Å². The van der Waals surface area contributed by atoms with E-state index in [0.717, 1.165) is 55.4 Å². The average molecular weight is 552 g/mol. The highest BCUT2D eigenvalue weighted by atomic mass is 19.4. The predicted octanol–water partition coefficient (Wildman–Crippen LogP) is 2.84. The molecule has 4 rings (SSSR count). The maximum atomic E-state index is 13.8. The molecule has 40 heavy (non-hydrogen) atoms. The number of hydrogen-bond donors (Lipinski definition) is 1. The van der Waals surface area contributed by atoms with Crippen molar-refractivity contribution in [2.24, 2.45) is 5.73 Å². The maximum Gasteiger partial charge on any atom is 0.419 e. The second kappa shape index (κ2) is 13.0. The number of benzene rings is 2. The molecule has 1 aliphatic heterocycles. The number of primary amides is 1. The Bertz CT molecular complexity index is 1350. The quantitative estimate of drug-likeness (QED) is 0.289. The van der Waals surface area contributed by atoms with Gasteiger partial charge in [0.15, 0.2) is 0 Å². The Morgan fingerprint density at radius 1 is 1.07 bits per heavy atom. The van der Waals surface area contributed by atoms with Gasteiger partial charge in [-0.05, 0) is 30.0 Å². The van der Waals surface area contributed by atoms with E-state index in [1.165, 1.54) is 0 Å². The van der Waals surface area contributed by atoms with Crippen LogP contribution in [0.3, 0.4) is 0 Å². The van der Waals surface area contributed by atoms with Crippen molar-refractivity contribution in [1.82, 2.24) is 14.8 Å². The van der Waals surface area contributed by atoms with Crippen LogP contribution < -0.4 is 15.4 Å². The Morgan fingerprint density at radius 3 is 2.45 bits per heavy atom. The minimum absolute atomic E-state index is 0.0139. The Morgan fingerprint density at radius 2 is 1.80 bits per heavy atom. The fraction of sp³-hybridized carbons (Fsp3) is 0.357. The second-order valence-corrected chi connectivity index (χ2v) is 9.54. The smallest absolute Gasteiger partial charge is 0.419 e. The van der Waals surface area contributed by atoms with E-state index < -0.39 is 17.6 Å². The first-order valence-electron chi connectivity index (χ1n) is 12.9. The zero-order valence-corrected chi connectivity index (χ0v) is 22.2. The Hall–Kier alpha value is -3.93. The molecule has 0 unspecified atom stereocenters. The molecular weight excluding hydrogens is 522 g/mol. The van der Waals surface area contributed by atoms with E-state index in [1.54, 1.807) is 38.8 Å². The summed E-state index contributed by atoms with van der Waals surface area (Å²) in [6.45, 7) is 2.91. The lowest BCUT2D eigenvalue weighted by molar-refractivity contribution is -0.138. The molecule has 8 nitrogen and oxygen atoms in total. The van der Waals surface area contributed by atoms with Gasteiger partial charge in [0.2, 0.25) is 5.91 Å². The molecule has 1 fully saturated rings. The van der Waals surface area contributed by atoms with Crippen molar-refractivity contribution in [3.05, 3.63) is 82.4 Å². The van der Waals surface area contributed by atoms with Gasteiger partial charge in [-0.1, -0.05) is 30.3 Å². The van der Waals surface area contributed by atoms with Crippen molar-refractivity contribution >= 4 is 25.2 Å². The number of halogens is 3. The molecular formula is C28H30BF3N5O3. The number of methoxy groups -OCH3 is 1. The number of piperazine rings is 1. The molecule has 2 aromatic carbocycles. The molecule has 12 heteroatoms. The summed E-state index contributed by atoms with van der Waals surface area (Å²) in [5, 5.41) is 0. The lowest BCUT2D eigenvalue weighted by atomic mass is 9.93. The number of anilines is 1. The molecule has 3 aromatic rings. The van der Waals surface area contributed by atoms with Gasteiger partial charge in [0.05, 0.1) is 31.0 Å². The highest BCUT2D eigenvalue weighted by Crippen LogP contribution is 2.33. The number of carbonyl (C=O) groups is 2. The Kier molecular flexibility index (Phi) is 9.41. The number of nitrogens with zero attached hydrogens (tertiary/aromatic N) is 4. The van der Waals surface area contributed by atoms with Gasteiger partial charge in [0, 0.05) is 56.1 Å². The molecule has 1 aromatic heterocycles. The molecule has 209 valence electrons. The largest absolute Gasteiger partial charge is 0.496 e. The SMILES string of the molecule is COc1cc(N2CCN([B]C=O)CC2)ccc1Cc1ncc(C(F)(F)F)c(CCc2ccccc2CC(N)=O)n1. The van der Waals surface area contributed by atoms with Crippen LogP contribution >= 0.6 is 0 Å². The molecule has 2 N–H and O–H groups in total. The third-order valence-corrected chi connectivity index (χ3v) is 6.91. The standard InChI is InChI=1S/C28H30BF3N5O3/c1-40-25-16-22(36-10-12-37(13-11-36)29-18-38)8-6-21(25)15-27-34-17-23(28(30,31)32)24(35-27)9-7-19-4-2-3-5-20(19)14-26(33)39/h2-6,8,16-18H,7,9-15H2,1H3,(H2,33,39). The van der Waals surface area contributed by atoms with Gasteiger partial charge < -0.3 is 25.0 Å². The molecule has 0 saturated carbocycles. The molecule has 1 amide bonds. The predicted molar refractivity (Wildman–Crippen MR) is 146 cm³/mol. The van der Waals surface area contributed by atoms with Crippen LogP contribution in [0.25, 0.3) is 0 Å². The summed E-state index contributed by atoms with van der Waals surface area (Å²) in [5.41, 5.74) is 7.48. The number of amides is 1. The van der Waals surface area contributed by atoms with Crippen LogP contribution in [0.5, 0.6) is 5.75 Å². The summed E-state index contributed by atoms with van der Waals surface area (Å²) < 4.78 is 47.0. The number of aryl methyl sites for hydroxylation is 2. The van der Waals surface area contributed by atoms with Gasteiger partial charge in [0.1, 0.15) is 11.6 Å². The lowest BCUT2D eigenvalue weighted by Gasteiger charge is -2.35. The van der Waals surface area contributed by atoms with E-state index in [4.69, 9.17) is 10.5 Å². The highest BCUT2D eigenvalue weighted by Gasteiger charge is 2.35. The van der Waals surface area contributed by atoms with E-state index >= 15 is 0 Å². The lowest BCUT2D eigenvalue weighted by Crippen LogP contribution is -2.48. The summed E-state index contributed by atoms with van der Waals surface area (Å²) in [6.07, 6.45) is -2.50. The van der Waals surface area contributed by atoms with Gasteiger partial charge in [-0.2, -0.15) is 13.2 Å². The first-order chi connectivity index (χ1) is 19.2. The highest BCUT2D eigenvalue weighted by molar-refractivity contribution is 6.64. The number of nitrogens with two attached hydrogens (primary N) is 1. The first-order valence-corrected chi connectivity index (χ1v) is 12.9. The van der Waals surface area contributed by atoms with E-state index in [0.29, 0.717) is 11.3 Å². The number of hydrogen-bond acceptors (Lipinski definition) is 7. The van der Waals surface area contributed by atoms with Crippen molar-refractivity contribution in [2.75, 3.05) is 38.2 Å². The summed E-state index contributed by atoms with van der Waals surface area (Å²) in [7, 11) is 3.08. The minimum atomic E-state index is -4.60. The van der Waals surface area contributed by atoms with Crippen LogP contribution in [0, 0.1) is 0 Å². The van der Waals surface area contributed by atoms with Crippen molar-refractivity contribution < 1.29 is 27.5 Å². The molecule has 0 spiro atoms. The van der Waals surface area contributed by atoms with Crippen molar-refractivity contribution in [2.45, 2.75) is 31.9 Å². The van der Waals surface area contributed by atoms with Crippen LogP contribution in [-0.4, -0.2) is 67.6 Å². The number of ether oxygens (including phenoxy) is 1. The zero-order valence-electron chi connectivity index (χ0n) is 22.2. The fourth-order valence-corrected chi connectivity index (χ4v) is 4.85. The van der Waals surface area contributed by atoms with E-state index in [2.05, 4.69) is 14.9 Å². The average Bonchev–Trinajstić information content (AvgIpc) is 2.92. The van der Waals surface area contributed by atoms with Crippen LogP contribution in [0.15, 0.2) is 48.7 Å². The van der Waals surface area contributed by atoms with Gasteiger partial charge in [-0.3, -0.25) is 4.79 Å². The number of alkyl halides is 3. The van der Waals surface area contributed by atoms with E-state index in [-0.39, 0.29) is 37.2 Å². The molecule has 1 radical (unpaired) electrons. The van der Waals surface area contributed by atoms with Gasteiger partial charge >= 0.3 is 6.18 Å². The third kappa shape index (κ3) is 7.38. The van der Waals surface area contributed by atoms with E-state index in [9.17, 15) is 22.8 Å². The topological polar surface area (TPSA) is 102 Å². The Labute approximate surface area is 231 Å². The molecule has 2 heterocycles. The molecule has 0 atom stereocenters. The summed E-state index contributed by atoms with van der Waals surface area (Å²) in [4.78, 5) is 34.7. The van der Waals surface area contributed by atoms with E-state index in [1.807, 2.05) is 23.0 Å². The van der Waals surface area contributed by atoms with Crippen LogP contribution in [0.1, 0.15) is 33.8 Å². The fourth-order valence-electron chi connectivity index (χ4n) is 4.85. The van der Waals surface area contributed by atoms with Gasteiger partial charge in [-0.25, -0.2) is 9.97 Å². The summed E-state index contributed by atoms with van der Waals surface area (Å²) >= 11 is 0. The van der Waals surface area contributed by atoms with Gasteiger partial charge in [-0.15, -0.1) is 0 Å². The zero-order chi connectivity index (χ0) is 28.7. The van der Waals surface area contributed by atoms with Crippen LogP contribution in [0.4, 0.5) is 18.9 Å². The molecule has 1 aliphatic rings. The number of rotatable bonds is 11. The normalized spacial score (nSPS) is 14.2. The monoisotopic (exact) mass is 552 g/mol. The Balaban J connectivity index is 1.53. The van der Waals surface area contributed by atoms with Crippen LogP contribution in [0.2, 0.25) is 0 Å². The molecule has 0 aliphatic carbocycles.